The first-order chi connectivity index (χ1) is 8.11. The number of ether oxygens (including phenoxy) is 1. The van der Waals surface area contributed by atoms with Gasteiger partial charge >= 0.3 is 0 Å². The molecule has 0 saturated carbocycles. The molecule has 0 unspecified atom stereocenters. The molecule has 3 N–H and O–H groups in total. The van der Waals surface area contributed by atoms with Gasteiger partial charge in [-0.15, -0.1) is 0 Å². The van der Waals surface area contributed by atoms with Crippen LogP contribution >= 0.6 is 0 Å². The highest BCUT2D eigenvalue weighted by molar-refractivity contribution is 5.69. The van der Waals surface area contributed by atoms with Crippen molar-refractivity contribution in [2.24, 2.45) is 0 Å². The van der Waals surface area contributed by atoms with Crippen molar-refractivity contribution in [3.05, 3.63) is 40.2 Å². The molecule has 1 aromatic heterocycles. The average molecular weight is 231 g/mol. The summed E-state index contributed by atoms with van der Waals surface area (Å²) in [5, 5.41) is 6.31. The zero-order valence-electron chi connectivity index (χ0n) is 9.65. The second kappa shape index (κ2) is 4.29. The lowest BCUT2D eigenvalue weighted by molar-refractivity contribution is 0.416. The number of nitrogen functional groups attached to an aromatic ring is 1. The van der Waals surface area contributed by atoms with Gasteiger partial charge in [-0.05, 0) is 25.1 Å². The molecule has 0 aliphatic heterocycles. The Morgan fingerprint density at radius 1 is 1.35 bits per heavy atom. The minimum atomic E-state index is -0.389. The lowest BCUT2D eigenvalue weighted by Crippen LogP contribution is -2.13. The van der Waals surface area contributed by atoms with Crippen LogP contribution in [-0.2, 0) is 0 Å². The summed E-state index contributed by atoms with van der Waals surface area (Å²) in [4.78, 5) is 11.1. The fourth-order valence-electron chi connectivity index (χ4n) is 1.58. The summed E-state index contributed by atoms with van der Waals surface area (Å²) >= 11 is 0. The number of hydrogen-bond acceptors (Lipinski definition) is 4. The van der Waals surface area contributed by atoms with E-state index in [9.17, 15) is 4.79 Å². The van der Waals surface area contributed by atoms with Crippen molar-refractivity contribution in [1.82, 2.24) is 10.2 Å². The summed E-state index contributed by atoms with van der Waals surface area (Å²) in [5.41, 5.74) is 7.78. The Kier molecular flexibility index (Phi) is 2.82. The van der Waals surface area contributed by atoms with Gasteiger partial charge in [0.25, 0.3) is 5.56 Å². The van der Waals surface area contributed by atoms with Crippen molar-refractivity contribution in [2.45, 2.75) is 6.92 Å². The number of aromatic amines is 1. The number of aryl methyl sites for hydroxylation is 1. The number of aromatic nitrogens is 2. The fraction of sp³-hybridized carbons (Fsp3) is 0.167. The number of nitrogens with two attached hydrogens (primary N) is 1. The van der Waals surface area contributed by atoms with Gasteiger partial charge in [-0.2, -0.15) is 5.10 Å². The van der Waals surface area contributed by atoms with Crippen molar-refractivity contribution in [3.63, 3.8) is 0 Å². The third-order valence-corrected chi connectivity index (χ3v) is 2.46. The molecule has 2 rings (SSSR count). The van der Waals surface area contributed by atoms with Crippen LogP contribution in [0.4, 0.5) is 5.69 Å². The summed E-state index contributed by atoms with van der Waals surface area (Å²) in [6, 6.07) is 7.26. The average Bonchev–Trinajstić information content (AvgIpc) is 2.32. The predicted molar refractivity (Wildman–Crippen MR) is 66.0 cm³/mol. The van der Waals surface area contributed by atoms with Crippen molar-refractivity contribution in [2.75, 3.05) is 12.8 Å². The molecule has 5 heteroatoms. The molecule has 0 atom stereocenters. The lowest BCUT2D eigenvalue weighted by Gasteiger charge is -2.08. The maximum absolute atomic E-state index is 11.1. The van der Waals surface area contributed by atoms with Crippen LogP contribution in [0.25, 0.3) is 11.3 Å². The van der Waals surface area contributed by atoms with Crippen molar-refractivity contribution in [1.29, 1.82) is 0 Å². The summed E-state index contributed by atoms with van der Waals surface area (Å²) in [6.07, 6.45) is 0. The van der Waals surface area contributed by atoms with Crippen LogP contribution in [0.3, 0.4) is 0 Å². The number of methoxy groups -OCH3 is 1. The third-order valence-electron chi connectivity index (χ3n) is 2.46. The molecule has 1 aromatic carbocycles. The number of H-pyrrole nitrogens is 1. The van der Waals surface area contributed by atoms with E-state index in [0.717, 1.165) is 11.1 Å². The molecule has 0 radical (unpaired) electrons. The Labute approximate surface area is 98.2 Å². The van der Waals surface area contributed by atoms with Gasteiger partial charge in [0.2, 0.25) is 0 Å². The van der Waals surface area contributed by atoms with Crippen LogP contribution in [-0.4, -0.2) is 17.3 Å². The maximum Gasteiger partial charge on any atom is 0.287 e. The first-order valence-electron chi connectivity index (χ1n) is 5.12. The van der Waals surface area contributed by atoms with E-state index in [4.69, 9.17) is 10.5 Å². The normalized spacial score (nSPS) is 10.2. The number of hydrogen-bond donors (Lipinski definition) is 2. The summed E-state index contributed by atoms with van der Waals surface area (Å²) in [5.74, 6) is 0.689. The van der Waals surface area contributed by atoms with Crippen LogP contribution in [0, 0.1) is 6.92 Å². The molecule has 0 spiro atoms. The van der Waals surface area contributed by atoms with Gasteiger partial charge in [0, 0.05) is 5.56 Å². The highest BCUT2D eigenvalue weighted by atomic mass is 16.5. The van der Waals surface area contributed by atoms with Crippen molar-refractivity contribution >= 4 is 5.69 Å². The first-order valence-corrected chi connectivity index (χ1v) is 5.12. The molecule has 0 saturated heterocycles. The minimum Gasteiger partial charge on any atom is -0.496 e. The van der Waals surface area contributed by atoms with Crippen LogP contribution in [0.15, 0.2) is 29.1 Å². The lowest BCUT2D eigenvalue weighted by atomic mass is 10.1. The van der Waals surface area contributed by atoms with E-state index < -0.39 is 0 Å². The summed E-state index contributed by atoms with van der Waals surface area (Å²) < 4.78 is 5.25. The minimum absolute atomic E-state index is 0.138. The topological polar surface area (TPSA) is 81.0 Å². The molecular formula is C12H13N3O2. The van der Waals surface area contributed by atoms with Gasteiger partial charge in [0.1, 0.15) is 11.4 Å². The van der Waals surface area contributed by atoms with Gasteiger partial charge in [-0.1, -0.05) is 11.6 Å². The third kappa shape index (κ3) is 2.13. The predicted octanol–water partition coefficient (Wildman–Crippen LogP) is 1.34. The Balaban J connectivity index is 2.62. The Morgan fingerprint density at radius 2 is 2.12 bits per heavy atom. The number of anilines is 1. The van der Waals surface area contributed by atoms with E-state index in [1.807, 2.05) is 25.1 Å². The second-order valence-electron chi connectivity index (χ2n) is 3.74. The van der Waals surface area contributed by atoms with Crippen LogP contribution < -0.4 is 16.0 Å². The largest absolute Gasteiger partial charge is 0.496 e. The van der Waals surface area contributed by atoms with Crippen LogP contribution in [0.5, 0.6) is 5.75 Å². The standard InChI is InChI=1S/C12H13N3O2/c1-7-3-4-11(17-2)8(5-7)10-6-9(13)12(16)15-14-10/h3-6H,1-2H3,(H2,13,14)(H,15,16). The molecule has 0 fully saturated rings. The monoisotopic (exact) mass is 231 g/mol. The van der Waals surface area contributed by atoms with E-state index >= 15 is 0 Å². The highest BCUT2D eigenvalue weighted by Gasteiger charge is 2.09. The van der Waals surface area contributed by atoms with Crippen molar-refractivity contribution < 1.29 is 4.74 Å². The molecule has 0 bridgehead atoms. The Bertz CT molecular complexity index is 605. The zero-order chi connectivity index (χ0) is 12.4. The second-order valence-corrected chi connectivity index (χ2v) is 3.74. The molecule has 0 amide bonds. The first kappa shape index (κ1) is 11.2. The Hall–Kier alpha value is -2.30. The van der Waals surface area contributed by atoms with E-state index in [-0.39, 0.29) is 11.2 Å². The van der Waals surface area contributed by atoms with E-state index in [0.29, 0.717) is 11.4 Å². The van der Waals surface area contributed by atoms with Gasteiger partial charge < -0.3 is 10.5 Å². The van der Waals surface area contributed by atoms with Gasteiger partial charge in [0.15, 0.2) is 0 Å². The van der Waals surface area contributed by atoms with Gasteiger partial charge in [0.05, 0.1) is 12.8 Å². The molecular weight excluding hydrogens is 218 g/mol. The number of nitrogens with one attached hydrogen (secondary N) is 1. The summed E-state index contributed by atoms with van der Waals surface area (Å²) in [6.45, 7) is 1.97. The molecule has 17 heavy (non-hydrogen) atoms. The number of benzene rings is 1. The Morgan fingerprint density at radius 3 is 2.76 bits per heavy atom. The quantitative estimate of drug-likeness (QED) is 0.817. The molecule has 0 aliphatic carbocycles. The maximum atomic E-state index is 11.1. The number of nitrogens with zero attached hydrogens (tertiary/aromatic N) is 1. The number of rotatable bonds is 2. The highest BCUT2D eigenvalue weighted by Crippen LogP contribution is 2.29. The van der Waals surface area contributed by atoms with Crippen LogP contribution in [0.1, 0.15) is 5.56 Å². The van der Waals surface area contributed by atoms with E-state index in [1.165, 1.54) is 6.07 Å². The smallest absolute Gasteiger partial charge is 0.287 e. The molecule has 88 valence electrons. The summed E-state index contributed by atoms with van der Waals surface area (Å²) in [7, 11) is 1.59. The molecule has 1 heterocycles. The van der Waals surface area contributed by atoms with Crippen LogP contribution in [0.2, 0.25) is 0 Å². The fourth-order valence-corrected chi connectivity index (χ4v) is 1.58. The van der Waals surface area contributed by atoms with Crippen molar-refractivity contribution in [3.8, 4) is 17.0 Å². The SMILES string of the molecule is COc1ccc(C)cc1-c1cc(N)c(=O)[nH]n1. The van der Waals surface area contributed by atoms with Gasteiger partial charge in [-0.25, -0.2) is 5.10 Å². The van der Waals surface area contributed by atoms with E-state index in [1.54, 1.807) is 7.11 Å². The molecule has 2 aromatic rings. The van der Waals surface area contributed by atoms with Gasteiger partial charge in [-0.3, -0.25) is 4.79 Å². The molecule has 0 aliphatic rings. The zero-order valence-corrected chi connectivity index (χ0v) is 9.65. The van der Waals surface area contributed by atoms with E-state index in [2.05, 4.69) is 10.2 Å². The molecule has 5 nitrogen and oxygen atoms in total.